The average Bonchev–Trinajstić information content (AvgIpc) is 3.24. The van der Waals surface area contributed by atoms with Gasteiger partial charge in [-0.3, -0.25) is 19.1 Å². The first-order chi connectivity index (χ1) is 16.3. The maximum absolute atomic E-state index is 13.6. The third-order valence-electron chi connectivity index (χ3n) is 5.33. The topological polar surface area (TPSA) is 123 Å². The fourth-order valence-corrected chi connectivity index (χ4v) is 4.11. The number of nitrogens with zero attached hydrogens (tertiary/aromatic N) is 3. The molecule has 2 aromatic heterocycles. The van der Waals surface area contributed by atoms with Crippen LogP contribution in [0.15, 0.2) is 39.2 Å². The van der Waals surface area contributed by atoms with Crippen molar-refractivity contribution in [1.29, 1.82) is 0 Å². The Balaban J connectivity index is 1.93. The van der Waals surface area contributed by atoms with Gasteiger partial charge in [0.1, 0.15) is 18.2 Å². The van der Waals surface area contributed by atoms with Crippen molar-refractivity contribution in [1.82, 2.24) is 14.5 Å². The normalized spacial score (nSPS) is 10.9. The molecule has 3 aromatic rings. The van der Waals surface area contributed by atoms with Crippen molar-refractivity contribution in [3.8, 4) is 5.75 Å². The van der Waals surface area contributed by atoms with Gasteiger partial charge in [0.2, 0.25) is 0 Å². The molecule has 182 valence electrons. The molecule has 0 aliphatic rings. The highest BCUT2D eigenvalue weighted by Gasteiger charge is 2.25. The smallest absolute Gasteiger partial charge is 0.330 e. The Hall–Kier alpha value is -3.40. The van der Waals surface area contributed by atoms with Crippen LogP contribution in [0, 0.1) is 6.92 Å². The number of nitrogens with one attached hydrogen (secondary N) is 1. The van der Waals surface area contributed by atoms with Crippen LogP contribution in [-0.4, -0.2) is 27.0 Å². The number of aryl methyl sites for hydroxylation is 1. The van der Waals surface area contributed by atoms with Gasteiger partial charge in [0.25, 0.3) is 11.5 Å². The fourth-order valence-electron chi connectivity index (χ4n) is 3.51. The number of unbranched alkanes of at least 4 members (excludes halogenated alkanes) is 2. The lowest BCUT2D eigenvalue weighted by molar-refractivity contribution is 0.0985. The number of hydrogen-bond donors (Lipinski definition) is 2. The maximum atomic E-state index is 13.6. The van der Waals surface area contributed by atoms with E-state index in [-0.39, 0.29) is 30.6 Å². The van der Waals surface area contributed by atoms with Crippen LogP contribution < -0.4 is 26.6 Å². The number of ether oxygens (including phenoxy) is 1. The van der Waals surface area contributed by atoms with E-state index in [0.717, 1.165) is 30.0 Å². The molecule has 0 bridgehead atoms. The number of amides is 1. The fraction of sp³-hybridized carbons (Fsp3) is 0.417. The van der Waals surface area contributed by atoms with Crippen LogP contribution in [0.3, 0.4) is 0 Å². The van der Waals surface area contributed by atoms with Crippen molar-refractivity contribution in [2.75, 3.05) is 17.2 Å². The van der Waals surface area contributed by atoms with Crippen LogP contribution in [0.2, 0.25) is 0 Å². The number of carbonyl (C=O) groups excluding carboxylic acids is 1. The first kappa shape index (κ1) is 25.2. The van der Waals surface area contributed by atoms with Gasteiger partial charge in [-0.15, -0.1) is 11.3 Å². The highest BCUT2D eigenvalue weighted by atomic mass is 32.1. The predicted octanol–water partition coefficient (Wildman–Crippen LogP) is 3.71. The summed E-state index contributed by atoms with van der Waals surface area (Å²) in [5.41, 5.74) is 6.20. The molecule has 0 aliphatic carbocycles. The maximum Gasteiger partial charge on any atom is 0.330 e. The second-order valence-electron chi connectivity index (χ2n) is 7.98. The van der Waals surface area contributed by atoms with E-state index in [4.69, 9.17) is 10.5 Å². The summed E-state index contributed by atoms with van der Waals surface area (Å²) in [5.74, 6) is 0.126. The molecule has 0 radical (unpaired) electrons. The SMILES string of the molecule is CCCCN(C(=O)c1cccc(OCc2csc(C)n2)c1)c1c(N)n(CCCC)c(=O)[nH]c1=O. The van der Waals surface area contributed by atoms with E-state index in [0.29, 0.717) is 24.3 Å². The molecule has 0 aliphatic heterocycles. The van der Waals surface area contributed by atoms with Crippen LogP contribution in [0.25, 0.3) is 0 Å². The number of nitrogens with two attached hydrogens (primary N) is 1. The largest absolute Gasteiger partial charge is 0.487 e. The Morgan fingerprint density at radius 2 is 2.00 bits per heavy atom. The van der Waals surface area contributed by atoms with Crippen molar-refractivity contribution in [3.05, 3.63) is 66.7 Å². The second-order valence-corrected chi connectivity index (χ2v) is 9.05. The highest BCUT2D eigenvalue weighted by Crippen LogP contribution is 2.23. The number of aromatic amines is 1. The van der Waals surface area contributed by atoms with E-state index in [2.05, 4.69) is 9.97 Å². The number of thiazole rings is 1. The van der Waals surface area contributed by atoms with E-state index in [9.17, 15) is 14.4 Å². The molecule has 0 unspecified atom stereocenters. The number of carbonyl (C=O) groups is 1. The molecule has 0 spiro atoms. The number of anilines is 2. The van der Waals surface area contributed by atoms with Gasteiger partial charge in [0, 0.05) is 24.0 Å². The number of rotatable bonds is 11. The Kier molecular flexibility index (Phi) is 8.64. The van der Waals surface area contributed by atoms with Gasteiger partial charge in [-0.2, -0.15) is 0 Å². The minimum atomic E-state index is -0.675. The van der Waals surface area contributed by atoms with E-state index in [1.807, 2.05) is 26.2 Å². The molecule has 10 heteroatoms. The molecular weight excluding hydrogens is 454 g/mol. The number of benzene rings is 1. The van der Waals surface area contributed by atoms with Gasteiger partial charge in [0.05, 0.1) is 10.7 Å². The third-order valence-corrected chi connectivity index (χ3v) is 6.16. The lowest BCUT2D eigenvalue weighted by Gasteiger charge is -2.24. The first-order valence-corrected chi connectivity index (χ1v) is 12.3. The minimum absolute atomic E-state index is 0.00146. The summed E-state index contributed by atoms with van der Waals surface area (Å²) < 4.78 is 7.15. The predicted molar refractivity (Wildman–Crippen MR) is 135 cm³/mol. The summed E-state index contributed by atoms with van der Waals surface area (Å²) in [6.07, 6.45) is 3.05. The standard InChI is InChI=1S/C24H31N5O4S/c1-4-6-11-28(20-21(25)29(12-7-5-2)24(32)27-22(20)30)23(31)17-9-8-10-19(13-17)33-14-18-15-34-16(3)26-18/h8-10,13,15H,4-7,11-12,14,25H2,1-3H3,(H,27,30,32). The lowest BCUT2D eigenvalue weighted by Crippen LogP contribution is -2.41. The summed E-state index contributed by atoms with van der Waals surface area (Å²) in [7, 11) is 0. The summed E-state index contributed by atoms with van der Waals surface area (Å²) >= 11 is 1.55. The number of H-pyrrole nitrogens is 1. The zero-order chi connectivity index (χ0) is 24.7. The molecular formula is C24H31N5O4S. The molecule has 34 heavy (non-hydrogen) atoms. The summed E-state index contributed by atoms with van der Waals surface area (Å²) in [5, 5.41) is 2.89. The number of nitrogen functional groups attached to an aromatic ring is 1. The Labute approximate surface area is 202 Å². The molecule has 1 aromatic carbocycles. The molecule has 0 saturated heterocycles. The average molecular weight is 486 g/mol. The van der Waals surface area contributed by atoms with Crippen molar-refractivity contribution in [2.45, 2.75) is 59.6 Å². The molecule has 9 nitrogen and oxygen atoms in total. The monoisotopic (exact) mass is 485 g/mol. The van der Waals surface area contributed by atoms with Crippen molar-refractivity contribution in [3.63, 3.8) is 0 Å². The molecule has 0 fully saturated rings. The van der Waals surface area contributed by atoms with Crippen molar-refractivity contribution >= 4 is 28.7 Å². The van der Waals surface area contributed by atoms with Crippen LogP contribution in [0.1, 0.15) is 60.6 Å². The summed E-state index contributed by atoms with van der Waals surface area (Å²) in [4.78, 5) is 46.7. The van der Waals surface area contributed by atoms with E-state index in [1.165, 1.54) is 9.47 Å². The van der Waals surface area contributed by atoms with Gasteiger partial charge in [-0.25, -0.2) is 9.78 Å². The van der Waals surface area contributed by atoms with Gasteiger partial charge >= 0.3 is 5.69 Å². The summed E-state index contributed by atoms with van der Waals surface area (Å²) in [6, 6.07) is 6.79. The second kappa shape index (κ2) is 11.6. The van der Waals surface area contributed by atoms with Gasteiger partial charge in [0.15, 0.2) is 5.69 Å². The summed E-state index contributed by atoms with van der Waals surface area (Å²) in [6.45, 7) is 6.86. The zero-order valence-corrected chi connectivity index (χ0v) is 20.6. The van der Waals surface area contributed by atoms with Gasteiger partial charge in [-0.1, -0.05) is 32.8 Å². The quantitative estimate of drug-likeness (QED) is 0.427. The highest BCUT2D eigenvalue weighted by molar-refractivity contribution is 7.09. The third kappa shape index (κ3) is 5.93. The van der Waals surface area contributed by atoms with Gasteiger partial charge in [-0.05, 0) is 38.0 Å². The molecule has 0 saturated carbocycles. The van der Waals surface area contributed by atoms with Crippen molar-refractivity contribution < 1.29 is 9.53 Å². The zero-order valence-electron chi connectivity index (χ0n) is 19.8. The first-order valence-electron chi connectivity index (χ1n) is 11.4. The molecule has 3 rings (SSSR count). The van der Waals surface area contributed by atoms with Crippen molar-refractivity contribution in [2.24, 2.45) is 0 Å². The molecule has 0 atom stereocenters. The van der Waals surface area contributed by atoms with Crippen LogP contribution in [0.4, 0.5) is 11.5 Å². The van der Waals surface area contributed by atoms with E-state index in [1.54, 1.807) is 35.6 Å². The Bertz CT molecular complexity index is 1250. The van der Waals surface area contributed by atoms with E-state index >= 15 is 0 Å². The molecule has 3 N–H and O–H groups in total. The minimum Gasteiger partial charge on any atom is -0.487 e. The van der Waals surface area contributed by atoms with Crippen LogP contribution >= 0.6 is 11.3 Å². The molecule has 1 amide bonds. The molecule has 2 heterocycles. The Morgan fingerprint density at radius 1 is 1.24 bits per heavy atom. The van der Waals surface area contributed by atoms with E-state index < -0.39 is 11.2 Å². The van der Waals surface area contributed by atoms with Crippen LogP contribution in [-0.2, 0) is 13.2 Å². The number of aromatic nitrogens is 3. The van der Waals surface area contributed by atoms with Crippen LogP contribution in [0.5, 0.6) is 5.75 Å². The van der Waals surface area contributed by atoms with Gasteiger partial charge < -0.3 is 15.4 Å². The Morgan fingerprint density at radius 3 is 2.68 bits per heavy atom. The lowest BCUT2D eigenvalue weighted by atomic mass is 10.1. The number of hydrogen-bond acceptors (Lipinski definition) is 7.